The Morgan fingerprint density at radius 2 is 2.07 bits per heavy atom. The molecule has 0 spiro atoms. The number of nitro groups is 1. The van der Waals surface area contributed by atoms with Crippen LogP contribution in [-0.2, 0) is 11.3 Å². The molecule has 3 aromatic rings. The van der Waals surface area contributed by atoms with Gasteiger partial charge in [0.1, 0.15) is 11.4 Å². The number of aromatic nitrogens is 2. The number of rotatable bonds is 7. The van der Waals surface area contributed by atoms with Gasteiger partial charge < -0.3 is 19.7 Å². The Morgan fingerprint density at radius 3 is 2.82 bits per heavy atom. The lowest BCUT2D eigenvalue weighted by atomic mass is 10.2. The Morgan fingerprint density at radius 1 is 1.29 bits per heavy atom. The number of anilines is 1. The molecule has 2 N–H and O–H groups in total. The van der Waals surface area contributed by atoms with Gasteiger partial charge in [-0.25, -0.2) is 4.79 Å². The van der Waals surface area contributed by atoms with Crippen LogP contribution in [0.4, 0.5) is 11.4 Å². The molecule has 0 aliphatic heterocycles. The summed E-state index contributed by atoms with van der Waals surface area (Å²) in [6.45, 7) is 2.05. The van der Waals surface area contributed by atoms with Crippen LogP contribution in [0.15, 0.2) is 47.0 Å². The monoisotopic (exact) mass is 384 g/mol. The number of nitrogens with two attached hydrogens (primary N) is 1. The van der Waals surface area contributed by atoms with Crippen LogP contribution >= 0.6 is 0 Å². The highest BCUT2D eigenvalue weighted by molar-refractivity contribution is 5.91. The van der Waals surface area contributed by atoms with E-state index in [1.165, 1.54) is 12.1 Å². The summed E-state index contributed by atoms with van der Waals surface area (Å²) in [6, 6.07) is 10.8. The van der Waals surface area contributed by atoms with Crippen LogP contribution in [0.3, 0.4) is 0 Å². The highest BCUT2D eigenvalue weighted by Gasteiger charge is 2.18. The van der Waals surface area contributed by atoms with E-state index in [1.54, 1.807) is 12.1 Å². The van der Waals surface area contributed by atoms with Crippen LogP contribution in [0.2, 0.25) is 0 Å². The van der Waals surface area contributed by atoms with Gasteiger partial charge in [-0.2, -0.15) is 4.98 Å². The molecule has 0 atom stereocenters. The minimum atomic E-state index is -0.780. The highest BCUT2D eigenvalue weighted by Crippen LogP contribution is 2.28. The average molecular weight is 384 g/mol. The maximum absolute atomic E-state index is 12.1. The van der Waals surface area contributed by atoms with Gasteiger partial charge in [0.2, 0.25) is 5.82 Å². The Bertz CT molecular complexity index is 1020. The molecular weight excluding hydrogens is 368 g/mol. The molecule has 0 saturated carbocycles. The minimum absolute atomic E-state index is 0.0117. The van der Waals surface area contributed by atoms with Crippen molar-refractivity contribution in [2.24, 2.45) is 0 Å². The van der Waals surface area contributed by atoms with Crippen LogP contribution in [0.1, 0.15) is 23.2 Å². The largest absolute Gasteiger partial charge is 0.493 e. The molecular formula is C18H16N4O6. The van der Waals surface area contributed by atoms with Crippen molar-refractivity contribution < 1.29 is 23.7 Å². The predicted octanol–water partition coefficient (Wildman–Crippen LogP) is 2.98. The molecule has 10 heteroatoms. The van der Waals surface area contributed by atoms with Gasteiger partial charge in [-0.3, -0.25) is 10.1 Å². The van der Waals surface area contributed by atoms with Crippen LogP contribution in [0, 0.1) is 10.1 Å². The van der Waals surface area contributed by atoms with Gasteiger partial charge in [0, 0.05) is 6.07 Å². The van der Waals surface area contributed by atoms with Crippen molar-refractivity contribution in [2.45, 2.75) is 13.5 Å². The predicted molar refractivity (Wildman–Crippen MR) is 97.5 cm³/mol. The van der Waals surface area contributed by atoms with Crippen molar-refractivity contribution in [1.29, 1.82) is 0 Å². The maximum Gasteiger partial charge on any atom is 0.338 e. The van der Waals surface area contributed by atoms with Gasteiger partial charge in [0.25, 0.3) is 11.6 Å². The van der Waals surface area contributed by atoms with E-state index in [4.69, 9.17) is 19.7 Å². The molecule has 0 saturated heterocycles. The smallest absolute Gasteiger partial charge is 0.338 e. The molecule has 3 rings (SSSR count). The highest BCUT2D eigenvalue weighted by atomic mass is 16.6. The van der Waals surface area contributed by atoms with Crippen molar-refractivity contribution in [3.8, 4) is 17.1 Å². The van der Waals surface area contributed by atoms with E-state index >= 15 is 0 Å². The molecule has 0 fully saturated rings. The minimum Gasteiger partial charge on any atom is -0.493 e. The fourth-order valence-electron chi connectivity index (χ4n) is 2.40. The SMILES string of the molecule is CCOc1ccccc1-c1noc(COC(=O)c2ccc(N)c([N+](=O)[O-])c2)n1. The van der Waals surface area contributed by atoms with E-state index < -0.39 is 10.9 Å². The molecule has 1 aromatic heterocycles. The molecule has 2 aromatic carbocycles. The number of hydrogen-bond acceptors (Lipinski definition) is 9. The number of nitrogen functional groups attached to an aromatic ring is 1. The van der Waals surface area contributed by atoms with Crippen molar-refractivity contribution in [1.82, 2.24) is 10.1 Å². The zero-order chi connectivity index (χ0) is 20.1. The summed E-state index contributed by atoms with van der Waals surface area (Å²) in [6.07, 6.45) is 0. The molecule has 0 bridgehead atoms. The molecule has 1 heterocycles. The topological polar surface area (TPSA) is 144 Å². The van der Waals surface area contributed by atoms with E-state index in [1.807, 2.05) is 19.1 Å². The standard InChI is InChI=1S/C18H16N4O6/c1-2-26-15-6-4-3-5-12(15)17-20-16(28-21-17)10-27-18(23)11-7-8-13(19)14(9-11)22(24)25/h3-9H,2,10,19H2,1H3. The number of hydrogen-bond donors (Lipinski definition) is 1. The first-order chi connectivity index (χ1) is 13.5. The summed E-state index contributed by atoms with van der Waals surface area (Å²) < 4.78 is 15.7. The van der Waals surface area contributed by atoms with Gasteiger partial charge >= 0.3 is 5.97 Å². The molecule has 144 valence electrons. The number of esters is 1. The van der Waals surface area contributed by atoms with E-state index in [-0.39, 0.29) is 29.4 Å². The quantitative estimate of drug-likeness (QED) is 0.281. The second-order valence-electron chi connectivity index (χ2n) is 5.55. The van der Waals surface area contributed by atoms with Gasteiger partial charge in [-0.05, 0) is 31.2 Å². The Kier molecular flexibility index (Phi) is 5.49. The summed E-state index contributed by atoms with van der Waals surface area (Å²) in [7, 11) is 0. The number of nitro benzene ring substituents is 1. The Balaban J connectivity index is 1.71. The molecule has 0 aliphatic carbocycles. The Labute approximate surface area is 159 Å². The summed E-state index contributed by atoms with van der Waals surface area (Å²) in [4.78, 5) is 26.6. The molecule has 0 radical (unpaired) electrons. The van der Waals surface area contributed by atoms with Gasteiger partial charge in [-0.15, -0.1) is 0 Å². The number of ether oxygens (including phenoxy) is 2. The first-order valence-corrected chi connectivity index (χ1v) is 8.25. The number of benzene rings is 2. The summed E-state index contributed by atoms with van der Waals surface area (Å²) in [5.41, 5.74) is 5.72. The van der Waals surface area contributed by atoms with Crippen molar-refractivity contribution in [3.63, 3.8) is 0 Å². The molecule has 28 heavy (non-hydrogen) atoms. The second kappa shape index (κ2) is 8.16. The second-order valence-corrected chi connectivity index (χ2v) is 5.55. The third kappa shape index (κ3) is 4.06. The zero-order valence-electron chi connectivity index (χ0n) is 14.8. The summed E-state index contributed by atoms with van der Waals surface area (Å²) in [5, 5.41) is 14.8. The van der Waals surface area contributed by atoms with Gasteiger partial charge in [-0.1, -0.05) is 17.3 Å². The molecule has 0 aliphatic rings. The maximum atomic E-state index is 12.1. The number of carbonyl (C=O) groups is 1. The van der Waals surface area contributed by atoms with Crippen molar-refractivity contribution >= 4 is 17.3 Å². The van der Waals surface area contributed by atoms with Crippen molar-refractivity contribution in [2.75, 3.05) is 12.3 Å². The van der Waals surface area contributed by atoms with Crippen LogP contribution in [0.25, 0.3) is 11.4 Å². The molecule has 0 unspecified atom stereocenters. The number of carbonyl (C=O) groups excluding carboxylic acids is 1. The Hall–Kier alpha value is -3.95. The first kappa shape index (κ1) is 18.8. The lowest BCUT2D eigenvalue weighted by Gasteiger charge is -2.06. The normalized spacial score (nSPS) is 10.5. The summed E-state index contributed by atoms with van der Waals surface area (Å²) in [5.74, 6) is 0.180. The van der Waals surface area contributed by atoms with Crippen LogP contribution in [0.5, 0.6) is 5.75 Å². The number of para-hydroxylation sites is 1. The van der Waals surface area contributed by atoms with E-state index in [2.05, 4.69) is 10.1 Å². The van der Waals surface area contributed by atoms with Gasteiger partial charge in [0.05, 0.1) is 22.7 Å². The average Bonchev–Trinajstić information content (AvgIpc) is 3.16. The fraction of sp³-hybridized carbons (Fsp3) is 0.167. The van der Waals surface area contributed by atoms with Crippen LogP contribution in [-0.4, -0.2) is 27.6 Å². The summed E-state index contributed by atoms with van der Waals surface area (Å²) >= 11 is 0. The van der Waals surface area contributed by atoms with E-state index in [9.17, 15) is 14.9 Å². The zero-order valence-corrected chi connectivity index (χ0v) is 14.8. The fourth-order valence-corrected chi connectivity index (χ4v) is 2.40. The molecule has 10 nitrogen and oxygen atoms in total. The van der Waals surface area contributed by atoms with E-state index in [0.717, 1.165) is 6.07 Å². The first-order valence-electron chi connectivity index (χ1n) is 8.25. The van der Waals surface area contributed by atoms with Crippen molar-refractivity contribution in [3.05, 3.63) is 64.0 Å². The third-order valence-corrected chi connectivity index (χ3v) is 3.69. The van der Waals surface area contributed by atoms with Gasteiger partial charge in [0.15, 0.2) is 6.61 Å². The van der Waals surface area contributed by atoms with Crippen LogP contribution < -0.4 is 10.5 Å². The lowest BCUT2D eigenvalue weighted by molar-refractivity contribution is -0.383. The van der Waals surface area contributed by atoms with E-state index in [0.29, 0.717) is 23.7 Å². The third-order valence-electron chi connectivity index (χ3n) is 3.69. The number of nitrogens with zero attached hydrogens (tertiary/aromatic N) is 3. The molecule has 0 amide bonds. The lowest BCUT2D eigenvalue weighted by Crippen LogP contribution is -2.07.